The van der Waals surface area contributed by atoms with Crippen LogP contribution in [0.5, 0.6) is 5.75 Å². The van der Waals surface area contributed by atoms with E-state index in [1.807, 2.05) is 42.5 Å². The zero-order valence-corrected chi connectivity index (χ0v) is 11.2. The third-order valence-electron chi connectivity index (χ3n) is 3.13. The van der Waals surface area contributed by atoms with Gasteiger partial charge in [0.25, 0.3) is 0 Å². The summed E-state index contributed by atoms with van der Waals surface area (Å²) in [7, 11) is 1.59. The molecule has 0 fully saturated rings. The second-order valence-electron chi connectivity index (χ2n) is 4.53. The van der Waals surface area contributed by atoms with Crippen LogP contribution in [-0.2, 0) is 4.79 Å². The lowest BCUT2D eigenvalue weighted by molar-refractivity contribution is -0.137. The highest BCUT2D eigenvalue weighted by Crippen LogP contribution is 2.32. The van der Waals surface area contributed by atoms with Crippen LogP contribution in [0.2, 0.25) is 0 Å². The Morgan fingerprint density at radius 1 is 1.25 bits per heavy atom. The minimum Gasteiger partial charge on any atom is -0.496 e. The van der Waals surface area contributed by atoms with E-state index in [-0.39, 0.29) is 6.42 Å². The minimum atomic E-state index is -0.913. The third kappa shape index (κ3) is 3.16. The fraction of sp³-hybridized carbons (Fsp3) is 0.188. The monoisotopic (exact) mass is 271 g/mol. The van der Waals surface area contributed by atoms with Crippen LogP contribution < -0.4 is 10.5 Å². The first-order valence-corrected chi connectivity index (χ1v) is 6.32. The van der Waals surface area contributed by atoms with Crippen LogP contribution in [0.25, 0.3) is 11.1 Å². The molecule has 0 aliphatic carbocycles. The average Bonchev–Trinajstić information content (AvgIpc) is 2.46. The predicted molar refractivity (Wildman–Crippen MR) is 77.6 cm³/mol. The second kappa shape index (κ2) is 6.21. The Morgan fingerprint density at radius 3 is 2.55 bits per heavy atom. The van der Waals surface area contributed by atoms with Gasteiger partial charge in [-0.15, -0.1) is 0 Å². The molecule has 0 amide bonds. The van der Waals surface area contributed by atoms with Crippen LogP contribution in [0.4, 0.5) is 0 Å². The number of aliphatic carboxylic acids is 1. The molecule has 0 aromatic heterocycles. The van der Waals surface area contributed by atoms with Crippen molar-refractivity contribution in [2.24, 2.45) is 5.73 Å². The molecule has 2 aromatic rings. The van der Waals surface area contributed by atoms with Gasteiger partial charge >= 0.3 is 5.97 Å². The van der Waals surface area contributed by atoms with E-state index >= 15 is 0 Å². The van der Waals surface area contributed by atoms with Gasteiger partial charge in [0.05, 0.1) is 13.5 Å². The van der Waals surface area contributed by atoms with Crippen molar-refractivity contribution in [1.82, 2.24) is 0 Å². The van der Waals surface area contributed by atoms with Crippen molar-refractivity contribution in [3.8, 4) is 16.9 Å². The number of benzene rings is 2. The van der Waals surface area contributed by atoms with Gasteiger partial charge in [0.2, 0.25) is 0 Å². The molecule has 0 radical (unpaired) electrons. The summed E-state index contributed by atoms with van der Waals surface area (Å²) in [5.41, 5.74) is 8.63. The van der Waals surface area contributed by atoms with E-state index < -0.39 is 12.0 Å². The highest BCUT2D eigenvalue weighted by Gasteiger charge is 2.13. The van der Waals surface area contributed by atoms with Crippen molar-refractivity contribution < 1.29 is 14.6 Å². The largest absolute Gasteiger partial charge is 0.496 e. The molecule has 0 saturated carbocycles. The van der Waals surface area contributed by atoms with Gasteiger partial charge in [0, 0.05) is 11.6 Å². The molecule has 0 bridgehead atoms. The van der Waals surface area contributed by atoms with E-state index in [0.717, 1.165) is 16.7 Å². The smallest absolute Gasteiger partial charge is 0.305 e. The SMILES string of the molecule is COc1cc(C(N)CC(=O)O)ccc1-c1ccccc1. The van der Waals surface area contributed by atoms with E-state index in [1.165, 1.54) is 0 Å². The molecule has 0 aliphatic rings. The lowest BCUT2D eigenvalue weighted by Crippen LogP contribution is -2.15. The molecule has 0 spiro atoms. The molecule has 0 heterocycles. The van der Waals surface area contributed by atoms with Crippen molar-refractivity contribution in [1.29, 1.82) is 0 Å². The lowest BCUT2D eigenvalue weighted by Gasteiger charge is -2.14. The van der Waals surface area contributed by atoms with Gasteiger partial charge in [0.1, 0.15) is 5.75 Å². The van der Waals surface area contributed by atoms with E-state index in [0.29, 0.717) is 5.75 Å². The summed E-state index contributed by atoms with van der Waals surface area (Å²) in [4.78, 5) is 10.7. The highest BCUT2D eigenvalue weighted by molar-refractivity contribution is 5.72. The Balaban J connectivity index is 2.36. The number of methoxy groups -OCH3 is 1. The van der Waals surface area contributed by atoms with E-state index in [9.17, 15) is 4.79 Å². The number of hydrogen-bond acceptors (Lipinski definition) is 3. The van der Waals surface area contributed by atoms with Gasteiger partial charge in [-0.1, -0.05) is 42.5 Å². The summed E-state index contributed by atoms with van der Waals surface area (Å²) < 4.78 is 5.39. The van der Waals surface area contributed by atoms with Crippen LogP contribution in [0, 0.1) is 0 Å². The predicted octanol–water partition coefficient (Wildman–Crippen LogP) is 2.84. The molecule has 104 valence electrons. The van der Waals surface area contributed by atoms with Gasteiger partial charge in [0.15, 0.2) is 0 Å². The van der Waals surface area contributed by atoms with Crippen LogP contribution in [0.3, 0.4) is 0 Å². The van der Waals surface area contributed by atoms with Gasteiger partial charge in [-0.2, -0.15) is 0 Å². The average molecular weight is 271 g/mol. The summed E-state index contributed by atoms with van der Waals surface area (Å²) in [6.07, 6.45) is -0.103. The van der Waals surface area contributed by atoms with Gasteiger partial charge in [-0.3, -0.25) is 4.79 Å². The third-order valence-corrected chi connectivity index (χ3v) is 3.13. The lowest BCUT2D eigenvalue weighted by atomic mass is 9.98. The molecule has 4 nitrogen and oxygen atoms in total. The topological polar surface area (TPSA) is 72.5 Å². The maximum absolute atomic E-state index is 10.7. The van der Waals surface area contributed by atoms with Crippen molar-refractivity contribution >= 4 is 5.97 Å². The number of rotatable bonds is 5. The molecule has 1 atom stereocenters. The fourth-order valence-corrected chi connectivity index (χ4v) is 2.10. The first-order valence-electron chi connectivity index (χ1n) is 6.32. The minimum absolute atomic E-state index is 0.103. The van der Waals surface area contributed by atoms with Crippen LogP contribution in [-0.4, -0.2) is 18.2 Å². The number of hydrogen-bond donors (Lipinski definition) is 2. The zero-order valence-electron chi connectivity index (χ0n) is 11.2. The number of carboxylic acids is 1. The first kappa shape index (κ1) is 14.1. The Bertz CT molecular complexity index is 596. The summed E-state index contributed by atoms with van der Waals surface area (Å²) in [6, 6.07) is 14.9. The number of ether oxygens (including phenoxy) is 1. The van der Waals surface area contributed by atoms with Crippen LogP contribution in [0.1, 0.15) is 18.0 Å². The van der Waals surface area contributed by atoms with Crippen LogP contribution in [0.15, 0.2) is 48.5 Å². The fourth-order valence-electron chi connectivity index (χ4n) is 2.10. The molecule has 4 heteroatoms. The Hall–Kier alpha value is -2.33. The molecule has 3 N–H and O–H groups in total. The van der Waals surface area contributed by atoms with Crippen molar-refractivity contribution in [3.63, 3.8) is 0 Å². The van der Waals surface area contributed by atoms with Crippen LogP contribution >= 0.6 is 0 Å². The molecule has 0 saturated heterocycles. The Labute approximate surface area is 117 Å². The molecular formula is C16H17NO3. The van der Waals surface area contributed by atoms with Gasteiger partial charge in [-0.25, -0.2) is 0 Å². The Morgan fingerprint density at radius 2 is 1.95 bits per heavy atom. The second-order valence-corrected chi connectivity index (χ2v) is 4.53. The molecule has 1 unspecified atom stereocenters. The normalized spacial score (nSPS) is 11.9. The highest BCUT2D eigenvalue weighted by atomic mass is 16.5. The molecule has 2 rings (SSSR count). The number of carboxylic acid groups (broad SMARTS) is 1. The van der Waals surface area contributed by atoms with E-state index in [4.69, 9.17) is 15.6 Å². The van der Waals surface area contributed by atoms with Crippen molar-refractivity contribution in [2.75, 3.05) is 7.11 Å². The summed E-state index contributed by atoms with van der Waals surface area (Å²) >= 11 is 0. The maximum atomic E-state index is 10.7. The zero-order chi connectivity index (χ0) is 14.5. The first-order chi connectivity index (χ1) is 9.61. The van der Waals surface area contributed by atoms with E-state index in [1.54, 1.807) is 13.2 Å². The van der Waals surface area contributed by atoms with Crippen molar-refractivity contribution in [3.05, 3.63) is 54.1 Å². The summed E-state index contributed by atoms with van der Waals surface area (Å²) in [5, 5.41) is 8.79. The number of carbonyl (C=O) groups is 1. The Kier molecular flexibility index (Phi) is 4.38. The summed E-state index contributed by atoms with van der Waals surface area (Å²) in [5.74, 6) is -0.224. The number of nitrogens with two attached hydrogens (primary N) is 1. The molecule has 2 aromatic carbocycles. The van der Waals surface area contributed by atoms with Gasteiger partial charge in [-0.05, 0) is 17.2 Å². The molecule has 0 aliphatic heterocycles. The van der Waals surface area contributed by atoms with Gasteiger partial charge < -0.3 is 15.6 Å². The van der Waals surface area contributed by atoms with Crippen molar-refractivity contribution in [2.45, 2.75) is 12.5 Å². The standard InChI is InChI=1S/C16H17NO3/c1-20-15-9-12(14(17)10-16(18)19)7-8-13(15)11-5-3-2-4-6-11/h2-9,14H,10,17H2,1H3,(H,18,19). The summed E-state index contributed by atoms with van der Waals surface area (Å²) in [6.45, 7) is 0. The van der Waals surface area contributed by atoms with E-state index in [2.05, 4.69) is 0 Å². The maximum Gasteiger partial charge on any atom is 0.305 e. The molecule has 20 heavy (non-hydrogen) atoms. The molecular weight excluding hydrogens is 254 g/mol. The quantitative estimate of drug-likeness (QED) is 0.877.